The number of fused-ring (bicyclic) bond motifs is 1. The molecule has 2 aromatic carbocycles. The van der Waals surface area contributed by atoms with Gasteiger partial charge in [-0.3, -0.25) is 4.57 Å². The van der Waals surface area contributed by atoms with Gasteiger partial charge in [0, 0.05) is 61.1 Å². The van der Waals surface area contributed by atoms with Gasteiger partial charge in [0.1, 0.15) is 12.7 Å². The third kappa shape index (κ3) is 5.47. The number of rotatable bonds is 9. The van der Waals surface area contributed by atoms with Crippen molar-refractivity contribution in [2.24, 2.45) is 0 Å². The van der Waals surface area contributed by atoms with Crippen LogP contribution in [0, 0.1) is 6.92 Å². The van der Waals surface area contributed by atoms with Crippen LogP contribution >= 0.6 is 0 Å². The van der Waals surface area contributed by atoms with Crippen LogP contribution in [0.5, 0.6) is 0 Å². The van der Waals surface area contributed by atoms with Crippen molar-refractivity contribution < 1.29 is 4.52 Å². The third-order valence-electron chi connectivity index (χ3n) is 7.30. The zero-order chi connectivity index (χ0) is 25.0. The Bertz CT molecular complexity index is 1430. The van der Waals surface area contributed by atoms with E-state index in [-0.39, 0.29) is 0 Å². The van der Waals surface area contributed by atoms with Crippen molar-refractivity contribution in [1.29, 1.82) is 0 Å². The molecule has 0 aliphatic carbocycles. The summed E-state index contributed by atoms with van der Waals surface area (Å²) in [5.41, 5.74) is 5.96. The van der Waals surface area contributed by atoms with E-state index in [9.17, 15) is 0 Å². The Morgan fingerprint density at radius 1 is 0.892 bits per heavy atom. The molecule has 0 unspecified atom stereocenters. The number of aromatic amines is 1. The van der Waals surface area contributed by atoms with E-state index in [1.165, 1.54) is 22.0 Å². The number of nitrogens with zero attached hydrogens (tertiary/aromatic N) is 7. The molecule has 0 atom stereocenters. The van der Waals surface area contributed by atoms with Crippen LogP contribution in [0.4, 0.5) is 0 Å². The molecule has 9 nitrogen and oxygen atoms in total. The summed E-state index contributed by atoms with van der Waals surface area (Å²) in [7, 11) is 0. The fraction of sp³-hybridized carbons (Fsp3) is 0.357. The minimum absolute atomic E-state index is 0.585. The van der Waals surface area contributed by atoms with Crippen LogP contribution in [0.1, 0.15) is 23.4 Å². The average molecular weight is 497 g/mol. The molecular weight excluding hydrogens is 464 g/mol. The van der Waals surface area contributed by atoms with Gasteiger partial charge in [-0.15, -0.1) is 10.2 Å². The van der Waals surface area contributed by atoms with E-state index in [2.05, 4.69) is 83.8 Å². The molecule has 0 saturated carbocycles. The molecule has 1 aliphatic heterocycles. The molecule has 1 N–H and O–H groups in total. The van der Waals surface area contributed by atoms with Crippen LogP contribution in [-0.2, 0) is 12.8 Å². The molecule has 4 heterocycles. The molecule has 190 valence electrons. The van der Waals surface area contributed by atoms with Gasteiger partial charge in [0.2, 0.25) is 0 Å². The molecule has 1 fully saturated rings. The predicted molar refractivity (Wildman–Crippen MR) is 143 cm³/mol. The van der Waals surface area contributed by atoms with E-state index >= 15 is 0 Å². The molecule has 0 radical (unpaired) electrons. The molecule has 3 aromatic heterocycles. The second-order valence-electron chi connectivity index (χ2n) is 9.79. The van der Waals surface area contributed by atoms with E-state index in [0.29, 0.717) is 11.7 Å². The Labute approximate surface area is 216 Å². The summed E-state index contributed by atoms with van der Waals surface area (Å²) in [5, 5.41) is 13.0. The fourth-order valence-electron chi connectivity index (χ4n) is 5.11. The minimum atomic E-state index is 0.585. The van der Waals surface area contributed by atoms with Crippen LogP contribution in [0.15, 0.2) is 65.8 Å². The summed E-state index contributed by atoms with van der Waals surface area (Å²) in [6, 6.07) is 14.9. The van der Waals surface area contributed by atoms with Gasteiger partial charge in [0.15, 0.2) is 5.82 Å². The highest BCUT2D eigenvalue weighted by Crippen LogP contribution is 2.23. The largest absolute Gasteiger partial charge is 0.361 e. The smallest absolute Gasteiger partial charge is 0.257 e. The van der Waals surface area contributed by atoms with E-state index in [0.717, 1.165) is 69.8 Å². The molecule has 37 heavy (non-hydrogen) atoms. The Morgan fingerprint density at radius 3 is 2.38 bits per heavy atom. The number of aryl methyl sites for hydroxylation is 2. The summed E-state index contributed by atoms with van der Waals surface area (Å²) in [6.07, 6.45) is 8.93. The van der Waals surface area contributed by atoms with Crippen molar-refractivity contribution in [1.82, 2.24) is 39.7 Å². The number of nitrogens with one attached hydrogen (secondary N) is 1. The zero-order valence-corrected chi connectivity index (χ0v) is 21.2. The monoisotopic (exact) mass is 496 g/mol. The van der Waals surface area contributed by atoms with Crippen LogP contribution < -0.4 is 0 Å². The lowest BCUT2D eigenvalue weighted by Gasteiger charge is -2.34. The van der Waals surface area contributed by atoms with Gasteiger partial charge in [-0.1, -0.05) is 17.3 Å². The molecule has 5 aromatic rings. The first-order chi connectivity index (χ1) is 18.2. The summed E-state index contributed by atoms with van der Waals surface area (Å²) in [4.78, 5) is 12.9. The quantitative estimate of drug-likeness (QED) is 0.331. The average Bonchev–Trinajstić information content (AvgIpc) is 3.70. The number of piperazine rings is 1. The van der Waals surface area contributed by atoms with Gasteiger partial charge in [-0.05, 0) is 74.2 Å². The van der Waals surface area contributed by atoms with E-state index in [1.54, 1.807) is 12.7 Å². The van der Waals surface area contributed by atoms with Crippen molar-refractivity contribution in [2.75, 3.05) is 39.3 Å². The maximum absolute atomic E-state index is 5.26. The standard InChI is InChI=1S/C28H32N8O/c1-21-32-28(37-33-21)23-6-4-22(5-7-23)10-12-35-15-13-34(14-16-35)11-2-3-24-18-29-27-9-8-25(17-26(24)27)36-19-30-31-20-36/h4-9,17-20,29H,2-3,10-16H2,1H3. The topological polar surface area (TPSA) is 91.9 Å². The molecule has 1 aliphatic rings. The van der Waals surface area contributed by atoms with Crippen molar-refractivity contribution in [3.8, 4) is 17.1 Å². The second kappa shape index (κ2) is 10.7. The first-order valence-corrected chi connectivity index (χ1v) is 13.0. The molecule has 9 heteroatoms. The van der Waals surface area contributed by atoms with Crippen LogP contribution in [-0.4, -0.2) is 79.0 Å². The summed E-state index contributed by atoms with van der Waals surface area (Å²) in [5.74, 6) is 1.25. The number of benzene rings is 2. The Morgan fingerprint density at radius 2 is 1.65 bits per heavy atom. The first-order valence-electron chi connectivity index (χ1n) is 13.0. The van der Waals surface area contributed by atoms with E-state index in [1.807, 2.05) is 11.5 Å². The van der Waals surface area contributed by atoms with Gasteiger partial charge in [0.25, 0.3) is 5.89 Å². The molecule has 0 amide bonds. The van der Waals surface area contributed by atoms with Gasteiger partial charge in [-0.25, -0.2) is 0 Å². The van der Waals surface area contributed by atoms with Crippen molar-refractivity contribution in [2.45, 2.75) is 26.2 Å². The fourth-order valence-corrected chi connectivity index (χ4v) is 5.11. The number of hydrogen-bond donors (Lipinski definition) is 1. The van der Waals surface area contributed by atoms with Crippen LogP contribution in [0.25, 0.3) is 28.0 Å². The lowest BCUT2D eigenvalue weighted by atomic mass is 10.1. The summed E-state index contributed by atoms with van der Waals surface area (Å²) in [6.45, 7) is 8.62. The molecule has 1 saturated heterocycles. The Balaban J connectivity index is 0.944. The van der Waals surface area contributed by atoms with Gasteiger partial charge < -0.3 is 19.3 Å². The van der Waals surface area contributed by atoms with Crippen LogP contribution in [0.3, 0.4) is 0 Å². The number of hydrogen-bond acceptors (Lipinski definition) is 7. The molecular formula is C28H32N8O. The summed E-state index contributed by atoms with van der Waals surface area (Å²) >= 11 is 0. The predicted octanol–water partition coefficient (Wildman–Crippen LogP) is 3.90. The number of aromatic nitrogens is 6. The minimum Gasteiger partial charge on any atom is -0.361 e. The SMILES string of the molecule is Cc1noc(-c2ccc(CCN3CCN(CCCc4c[nH]c5ccc(-n6cnnc6)cc45)CC3)cc2)n1. The lowest BCUT2D eigenvalue weighted by Crippen LogP contribution is -2.47. The van der Waals surface area contributed by atoms with Crippen molar-refractivity contribution in [3.63, 3.8) is 0 Å². The Kier molecular flexibility index (Phi) is 6.79. The lowest BCUT2D eigenvalue weighted by molar-refractivity contribution is 0.132. The molecule has 0 bridgehead atoms. The maximum Gasteiger partial charge on any atom is 0.257 e. The third-order valence-corrected chi connectivity index (χ3v) is 7.30. The van der Waals surface area contributed by atoms with Gasteiger partial charge in [-0.2, -0.15) is 4.98 Å². The maximum atomic E-state index is 5.26. The first kappa shape index (κ1) is 23.6. The Hall–Kier alpha value is -3.82. The summed E-state index contributed by atoms with van der Waals surface area (Å²) < 4.78 is 7.21. The number of H-pyrrole nitrogens is 1. The van der Waals surface area contributed by atoms with Crippen molar-refractivity contribution in [3.05, 3.63) is 78.3 Å². The van der Waals surface area contributed by atoms with Crippen molar-refractivity contribution >= 4 is 10.9 Å². The highest BCUT2D eigenvalue weighted by molar-refractivity contribution is 5.85. The van der Waals surface area contributed by atoms with Gasteiger partial charge >= 0.3 is 0 Å². The normalized spacial score (nSPS) is 15.1. The van der Waals surface area contributed by atoms with Crippen LogP contribution in [0.2, 0.25) is 0 Å². The highest BCUT2D eigenvalue weighted by Gasteiger charge is 2.17. The molecule has 6 rings (SSSR count). The van der Waals surface area contributed by atoms with Gasteiger partial charge in [0.05, 0.1) is 0 Å². The van der Waals surface area contributed by atoms with E-state index in [4.69, 9.17) is 4.52 Å². The zero-order valence-electron chi connectivity index (χ0n) is 21.2. The highest BCUT2D eigenvalue weighted by atomic mass is 16.5. The second-order valence-corrected chi connectivity index (χ2v) is 9.79. The van der Waals surface area contributed by atoms with E-state index < -0.39 is 0 Å². The molecule has 0 spiro atoms.